The van der Waals surface area contributed by atoms with Crippen LogP contribution in [0, 0.1) is 5.82 Å². The zero-order valence-corrected chi connectivity index (χ0v) is 15.6. The van der Waals surface area contributed by atoms with E-state index in [9.17, 15) is 14.0 Å². The Bertz CT molecular complexity index is 749. The fourth-order valence-corrected chi connectivity index (χ4v) is 3.18. The van der Waals surface area contributed by atoms with Crippen LogP contribution in [0.2, 0.25) is 0 Å². The first-order chi connectivity index (χ1) is 12.5. The second-order valence-corrected chi connectivity index (χ2v) is 7.14. The standard InChI is InChI=1S/C20H22FNO3S/c1-14(19(23)22-11-10-15-6-8-18(21)9-7-15)26-13-16-4-3-5-17(12-16)20(24)25-2/h3-9,12,14H,10-11,13H2,1-2H3,(H,22,23). The molecule has 0 fully saturated rings. The second kappa shape index (κ2) is 9.97. The van der Waals surface area contributed by atoms with Crippen LogP contribution in [-0.4, -0.2) is 30.8 Å². The molecule has 0 saturated carbocycles. The van der Waals surface area contributed by atoms with Crippen molar-refractivity contribution < 1.29 is 18.7 Å². The topological polar surface area (TPSA) is 55.4 Å². The lowest BCUT2D eigenvalue weighted by molar-refractivity contribution is -0.120. The minimum atomic E-state index is -0.372. The summed E-state index contributed by atoms with van der Waals surface area (Å²) in [4.78, 5) is 23.7. The summed E-state index contributed by atoms with van der Waals surface area (Å²) in [7, 11) is 1.35. The van der Waals surface area contributed by atoms with E-state index in [-0.39, 0.29) is 22.9 Å². The number of rotatable bonds is 8. The van der Waals surface area contributed by atoms with Gasteiger partial charge in [-0.15, -0.1) is 11.8 Å². The number of nitrogens with one attached hydrogen (secondary N) is 1. The molecule has 1 atom stereocenters. The summed E-state index contributed by atoms with van der Waals surface area (Å²) in [6, 6.07) is 13.5. The summed E-state index contributed by atoms with van der Waals surface area (Å²) in [6.45, 7) is 2.36. The summed E-state index contributed by atoms with van der Waals surface area (Å²) < 4.78 is 17.6. The molecule has 1 N–H and O–H groups in total. The van der Waals surface area contributed by atoms with Gasteiger partial charge in [0.2, 0.25) is 5.91 Å². The molecule has 0 saturated heterocycles. The van der Waals surface area contributed by atoms with Crippen molar-refractivity contribution >= 4 is 23.6 Å². The molecule has 0 bridgehead atoms. The number of ether oxygens (including phenoxy) is 1. The number of hydrogen-bond acceptors (Lipinski definition) is 4. The van der Waals surface area contributed by atoms with E-state index >= 15 is 0 Å². The first kappa shape index (κ1) is 20.0. The highest BCUT2D eigenvalue weighted by Crippen LogP contribution is 2.19. The molecule has 6 heteroatoms. The molecule has 0 spiro atoms. The maximum Gasteiger partial charge on any atom is 0.337 e. The normalized spacial score (nSPS) is 11.7. The summed E-state index contributed by atoms with van der Waals surface area (Å²) >= 11 is 1.50. The minimum absolute atomic E-state index is 0.0405. The van der Waals surface area contributed by atoms with Crippen LogP contribution < -0.4 is 5.32 Å². The zero-order valence-electron chi connectivity index (χ0n) is 14.8. The molecule has 138 valence electrons. The average Bonchev–Trinajstić information content (AvgIpc) is 2.67. The van der Waals surface area contributed by atoms with E-state index in [2.05, 4.69) is 5.32 Å². The van der Waals surface area contributed by atoms with Gasteiger partial charge < -0.3 is 10.1 Å². The fourth-order valence-electron chi connectivity index (χ4n) is 2.33. The van der Waals surface area contributed by atoms with E-state index in [0.29, 0.717) is 24.3 Å². The number of carbonyl (C=O) groups is 2. The van der Waals surface area contributed by atoms with Crippen LogP contribution in [0.25, 0.3) is 0 Å². The minimum Gasteiger partial charge on any atom is -0.465 e. The molecule has 2 rings (SSSR count). The molecule has 0 aromatic heterocycles. The smallest absolute Gasteiger partial charge is 0.337 e. The summed E-state index contributed by atoms with van der Waals surface area (Å²) in [5.74, 6) is -0.0547. The molecule has 1 amide bonds. The Hall–Kier alpha value is -2.34. The Morgan fingerprint density at radius 3 is 2.58 bits per heavy atom. The van der Waals surface area contributed by atoms with Gasteiger partial charge in [0.15, 0.2) is 0 Å². The molecule has 26 heavy (non-hydrogen) atoms. The Kier molecular flexibility index (Phi) is 7.66. The van der Waals surface area contributed by atoms with Gasteiger partial charge in [0.1, 0.15) is 5.82 Å². The van der Waals surface area contributed by atoms with Crippen molar-refractivity contribution in [3.8, 4) is 0 Å². The summed E-state index contributed by atoms with van der Waals surface area (Å²) in [6.07, 6.45) is 0.657. The van der Waals surface area contributed by atoms with E-state index in [1.807, 2.05) is 13.0 Å². The molecule has 2 aromatic carbocycles. The number of amides is 1. The third-order valence-corrected chi connectivity index (χ3v) is 5.06. The number of carbonyl (C=O) groups excluding carboxylic acids is 2. The molecule has 2 aromatic rings. The third-order valence-electron chi connectivity index (χ3n) is 3.84. The first-order valence-electron chi connectivity index (χ1n) is 8.30. The van der Waals surface area contributed by atoms with Gasteiger partial charge in [-0.3, -0.25) is 4.79 Å². The fraction of sp³-hybridized carbons (Fsp3) is 0.300. The summed E-state index contributed by atoms with van der Waals surface area (Å²) in [5.41, 5.74) is 2.44. The Labute approximate surface area is 157 Å². The van der Waals surface area contributed by atoms with Gasteiger partial charge in [-0.2, -0.15) is 0 Å². The molecule has 0 aliphatic rings. The van der Waals surface area contributed by atoms with E-state index in [1.54, 1.807) is 30.3 Å². The second-order valence-electron chi connectivity index (χ2n) is 5.81. The van der Waals surface area contributed by atoms with Crippen molar-refractivity contribution in [2.24, 2.45) is 0 Å². The van der Waals surface area contributed by atoms with Crippen LogP contribution in [0.5, 0.6) is 0 Å². The largest absolute Gasteiger partial charge is 0.465 e. The Balaban J connectivity index is 1.76. The van der Waals surface area contributed by atoms with E-state index in [0.717, 1.165) is 11.1 Å². The molecule has 0 heterocycles. The van der Waals surface area contributed by atoms with Crippen molar-refractivity contribution in [3.63, 3.8) is 0 Å². The van der Waals surface area contributed by atoms with E-state index < -0.39 is 0 Å². The number of halogens is 1. The van der Waals surface area contributed by atoms with Crippen molar-refractivity contribution in [3.05, 3.63) is 71.0 Å². The van der Waals surface area contributed by atoms with Crippen LogP contribution in [-0.2, 0) is 21.7 Å². The Morgan fingerprint density at radius 2 is 1.88 bits per heavy atom. The van der Waals surface area contributed by atoms with Gasteiger partial charge in [0.25, 0.3) is 0 Å². The average molecular weight is 375 g/mol. The molecular weight excluding hydrogens is 353 g/mol. The van der Waals surface area contributed by atoms with Crippen molar-refractivity contribution in [2.45, 2.75) is 24.3 Å². The van der Waals surface area contributed by atoms with Crippen molar-refractivity contribution in [1.82, 2.24) is 5.32 Å². The highest BCUT2D eigenvalue weighted by atomic mass is 32.2. The molecular formula is C20H22FNO3S. The maximum atomic E-state index is 12.9. The van der Waals surface area contributed by atoms with Gasteiger partial charge in [-0.05, 0) is 48.7 Å². The molecule has 0 radical (unpaired) electrons. The summed E-state index contributed by atoms with van der Waals surface area (Å²) in [5, 5.41) is 2.68. The number of thioether (sulfide) groups is 1. The molecule has 1 unspecified atom stereocenters. The Morgan fingerprint density at radius 1 is 1.15 bits per heavy atom. The number of hydrogen-bond donors (Lipinski definition) is 1. The predicted octanol–water partition coefficient (Wildman–Crippen LogP) is 3.59. The zero-order chi connectivity index (χ0) is 18.9. The monoisotopic (exact) mass is 375 g/mol. The lowest BCUT2D eigenvalue weighted by Crippen LogP contribution is -2.32. The highest BCUT2D eigenvalue weighted by Gasteiger charge is 2.13. The van der Waals surface area contributed by atoms with Gasteiger partial charge in [-0.25, -0.2) is 9.18 Å². The van der Waals surface area contributed by atoms with Gasteiger partial charge in [0, 0.05) is 12.3 Å². The first-order valence-corrected chi connectivity index (χ1v) is 9.35. The third kappa shape index (κ3) is 6.19. The van der Waals surface area contributed by atoms with Crippen molar-refractivity contribution in [2.75, 3.05) is 13.7 Å². The quantitative estimate of drug-likeness (QED) is 0.717. The van der Waals surface area contributed by atoms with Crippen LogP contribution in [0.15, 0.2) is 48.5 Å². The lowest BCUT2D eigenvalue weighted by atomic mass is 10.1. The van der Waals surface area contributed by atoms with Crippen LogP contribution in [0.1, 0.15) is 28.4 Å². The van der Waals surface area contributed by atoms with E-state index in [1.165, 1.54) is 31.0 Å². The number of methoxy groups -OCH3 is 1. The molecule has 0 aliphatic carbocycles. The van der Waals surface area contributed by atoms with E-state index in [4.69, 9.17) is 4.74 Å². The lowest BCUT2D eigenvalue weighted by Gasteiger charge is -2.12. The van der Waals surface area contributed by atoms with Crippen molar-refractivity contribution in [1.29, 1.82) is 0 Å². The van der Waals surface area contributed by atoms with Gasteiger partial charge in [0.05, 0.1) is 17.9 Å². The van der Waals surface area contributed by atoms with Crippen LogP contribution in [0.4, 0.5) is 4.39 Å². The van der Waals surface area contributed by atoms with Gasteiger partial charge in [-0.1, -0.05) is 24.3 Å². The maximum absolute atomic E-state index is 12.9. The SMILES string of the molecule is COC(=O)c1cccc(CSC(C)C(=O)NCCc2ccc(F)cc2)c1. The molecule has 4 nitrogen and oxygen atoms in total. The highest BCUT2D eigenvalue weighted by molar-refractivity contribution is 7.99. The number of esters is 1. The predicted molar refractivity (Wildman–Crippen MR) is 102 cm³/mol. The number of benzene rings is 2. The molecule has 0 aliphatic heterocycles. The van der Waals surface area contributed by atoms with Gasteiger partial charge >= 0.3 is 5.97 Å². The van der Waals surface area contributed by atoms with Crippen LogP contribution >= 0.6 is 11.8 Å². The van der Waals surface area contributed by atoms with Crippen LogP contribution in [0.3, 0.4) is 0 Å².